The van der Waals surface area contributed by atoms with Crippen LogP contribution in [0.15, 0.2) is 0 Å². The third-order valence-electron chi connectivity index (χ3n) is 4.87. The third kappa shape index (κ3) is 2.89. The van der Waals surface area contributed by atoms with Crippen LogP contribution in [0.1, 0.15) is 46.0 Å². The van der Waals surface area contributed by atoms with Gasteiger partial charge in [0.2, 0.25) is 10.0 Å². The molecule has 4 nitrogen and oxygen atoms in total. The molecule has 2 rings (SSSR count). The maximum absolute atomic E-state index is 12.4. The molecule has 18 heavy (non-hydrogen) atoms. The Hall–Kier alpha value is -0.130. The average molecular weight is 274 g/mol. The first-order valence-electron chi connectivity index (χ1n) is 7.22. The van der Waals surface area contributed by atoms with Gasteiger partial charge in [-0.1, -0.05) is 13.8 Å². The summed E-state index contributed by atoms with van der Waals surface area (Å²) in [6.07, 6.45) is 5.29. The molecule has 1 atom stereocenters. The molecule has 0 aliphatic carbocycles. The SMILES string of the molecule is CCC1(CC)CCN(S(=O)(=O)CC2CCCN2)C1. The maximum atomic E-state index is 12.4. The number of nitrogens with one attached hydrogen (secondary N) is 1. The second kappa shape index (κ2) is 5.47. The van der Waals surface area contributed by atoms with Crippen LogP contribution in [0.5, 0.6) is 0 Å². The summed E-state index contributed by atoms with van der Waals surface area (Å²) in [5.41, 5.74) is 0.232. The Morgan fingerprint density at radius 3 is 2.56 bits per heavy atom. The highest BCUT2D eigenvalue weighted by atomic mass is 32.2. The molecule has 0 aromatic carbocycles. The van der Waals surface area contributed by atoms with Gasteiger partial charge in [-0.15, -0.1) is 0 Å². The van der Waals surface area contributed by atoms with Gasteiger partial charge in [-0.05, 0) is 44.1 Å². The molecule has 0 aromatic rings. The molecule has 2 saturated heterocycles. The van der Waals surface area contributed by atoms with Crippen molar-refractivity contribution < 1.29 is 8.42 Å². The molecule has 5 heteroatoms. The Morgan fingerprint density at radius 2 is 2.06 bits per heavy atom. The number of nitrogens with zero attached hydrogens (tertiary/aromatic N) is 1. The van der Waals surface area contributed by atoms with E-state index in [2.05, 4.69) is 19.2 Å². The van der Waals surface area contributed by atoms with Gasteiger partial charge in [-0.25, -0.2) is 12.7 Å². The van der Waals surface area contributed by atoms with Crippen LogP contribution in [0.3, 0.4) is 0 Å². The van der Waals surface area contributed by atoms with E-state index in [1.807, 2.05) is 0 Å². The first-order valence-corrected chi connectivity index (χ1v) is 8.83. The summed E-state index contributed by atoms with van der Waals surface area (Å²) in [6, 6.07) is 0.174. The highest BCUT2D eigenvalue weighted by molar-refractivity contribution is 7.89. The Morgan fingerprint density at radius 1 is 1.33 bits per heavy atom. The maximum Gasteiger partial charge on any atom is 0.215 e. The molecule has 0 amide bonds. The minimum absolute atomic E-state index is 0.174. The van der Waals surface area contributed by atoms with E-state index in [1.165, 1.54) is 0 Å². The zero-order valence-corrected chi connectivity index (χ0v) is 12.4. The molecular formula is C13H26N2O2S. The Labute approximate surface area is 111 Å². The molecule has 0 bridgehead atoms. The molecule has 1 unspecified atom stereocenters. The summed E-state index contributed by atoms with van der Waals surface area (Å²) in [5.74, 6) is 0.288. The van der Waals surface area contributed by atoms with Gasteiger partial charge in [0.05, 0.1) is 5.75 Å². The summed E-state index contributed by atoms with van der Waals surface area (Å²) in [5, 5.41) is 3.28. The number of hydrogen-bond donors (Lipinski definition) is 1. The van der Waals surface area contributed by atoms with Crippen molar-refractivity contribution in [3.63, 3.8) is 0 Å². The molecule has 2 aliphatic rings. The smallest absolute Gasteiger partial charge is 0.215 e. The fraction of sp³-hybridized carbons (Fsp3) is 1.00. The van der Waals surface area contributed by atoms with E-state index < -0.39 is 10.0 Å². The van der Waals surface area contributed by atoms with Crippen molar-refractivity contribution in [2.75, 3.05) is 25.4 Å². The van der Waals surface area contributed by atoms with Crippen molar-refractivity contribution in [3.8, 4) is 0 Å². The van der Waals surface area contributed by atoms with Crippen molar-refractivity contribution in [2.45, 2.75) is 52.0 Å². The van der Waals surface area contributed by atoms with E-state index in [0.29, 0.717) is 0 Å². The average Bonchev–Trinajstić information content (AvgIpc) is 2.97. The van der Waals surface area contributed by atoms with E-state index in [9.17, 15) is 8.42 Å². The molecule has 0 radical (unpaired) electrons. The lowest BCUT2D eigenvalue weighted by atomic mass is 9.82. The van der Waals surface area contributed by atoms with Gasteiger partial charge in [0.25, 0.3) is 0 Å². The lowest BCUT2D eigenvalue weighted by molar-refractivity contribution is 0.279. The minimum Gasteiger partial charge on any atom is -0.313 e. The van der Waals surface area contributed by atoms with Crippen LogP contribution in [0.2, 0.25) is 0 Å². The molecule has 2 fully saturated rings. The van der Waals surface area contributed by atoms with Crippen LogP contribution in [0.4, 0.5) is 0 Å². The van der Waals surface area contributed by atoms with E-state index in [1.54, 1.807) is 4.31 Å². The molecule has 106 valence electrons. The Bertz CT molecular complexity index is 370. The first kappa shape index (κ1) is 14.3. The van der Waals surface area contributed by atoms with Crippen LogP contribution < -0.4 is 5.32 Å². The Kier molecular flexibility index (Phi) is 4.34. The van der Waals surface area contributed by atoms with Gasteiger partial charge in [0.1, 0.15) is 0 Å². The summed E-state index contributed by atoms with van der Waals surface area (Å²) >= 11 is 0. The molecule has 2 aliphatic heterocycles. The van der Waals surface area contributed by atoms with Gasteiger partial charge in [-0.2, -0.15) is 0 Å². The summed E-state index contributed by atoms with van der Waals surface area (Å²) in [6.45, 7) is 6.77. The van der Waals surface area contributed by atoms with E-state index in [0.717, 1.165) is 51.7 Å². The van der Waals surface area contributed by atoms with Crippen molar-refractivity contribution in [1.29, 1.82) is 0 Å². The van der Waals surface area contributed by atoms with Gasteiger partial charge in [0, 0.05) is 19.1 Å². The molecular weight excluding hydrogens is 248 g/mol. The van der Waals surface area contributed by atoms with Crippen LogP contribution in [0.25, 0.3) is 0 Å². The highest BCUT2D eigenvalue weighted by Gasteiger charge is 2.40. The largest absolute Gasteiger partial charge is 0.313 e. The monoisotopic (exact) mass is 274 g/mol. The second-order valence-corrected chi connectivity index (χ2v) is 7.88. The van der Waals surface area contributed by atoms with Crippen LogP contribution in [-0.2, 0) is 10.0 Å². The van der Waals surface area contributed by atoms with Gasteiger partial charge < -0.3 is 5.32 Å². The zero-order chi connectivity index (χ0) is 13.2. The lowest BCUT2D eigenvalue weighted by Gasteiger charge is -2.26. The van der Waals surface area contributed by atoms with Crippen molar-refractivity contribution in [2.24, 2.45) is 5.41 Å². The number of sulfonamides is 1. The minimum atomic E-state index is -3.06. The second-order valence-electron chi connectivity index (χ2n) is 5.86. The third-order valence-corrected chi connectivity index (χ3v) is 6.79. The summed E-state index contributed by atoms with van der Waals surface area (Å²) in [7, 11) is -3.06. The highest BCUT2D eigenvalue weighted by Crippen LogP contribution is 2.38. The lowest BCUT2D eigenvalue weighted by Crippen LogP contribution is -2.39. The molecule has 1 N–H and O–H groups in total. The van der Waals surface area contributed by atoms with Crippen LogP contribution in [-0.4, -0.2) is 44.2 Å². The zero-order valence-electron chi connectivity index (χ0n) is 11.6. The summed E-state index contributed by atoms with van der Waals surface area (Å²) < 4.78 is 26.5. The van der Waals surface area contributed by atoms with Gasteiger partial charge >= 0.3 is 0 Å². The molecule has 2 heterocycles. The number of hydrogen-bond acceptors (Lipinski definition) is 3. The van der Waals surface area contributed by atoms with Crippen molar-refractivity contribution >= 4 is 10.0 Å². The standard InChI is InChI=1S/C13H26N2O2S/c1-3-13(4-2)7-9-15(11-13)18(16,17)10-12-6-5-8-14-12/h12,14H,3-11H2,1-2H3. The quantitative estimate of drug-likeness (QED) is 0.828. The molecule has 0 saturated carbocycles. The van der Waals surface area contributed by atoms with E-state index >= 15 is 0 Å². The van der Waals surface area contributed by atoms with E-state index in [-0.39, 0.29) is 17.2 Å². The Balaban J connectivity index is 1.99. The fourth-order valence-electron chi connectivity index (χ4n) is 3.22. The van der Waals surface area contributed by atoms with Gasteiger partial charge in [0.15, 0.2) is 0 Å². The predicted molar refractivity (Wildman–Crippen MR) is 74.0 cm³/mol. The van der Waals surface area contributed by atoms with Crippen LogP contribution in [0, 0.1) is 5.41 Å². The normalized spacial score (nSPS) is 28.9. The fourth-order valence-corrected chi connectivity index (χ4v) is 5.06. The van der Waals surface area contributed by atoms with Crippen LogP contribution >= 0.6 is 0 Å². The topological polar surface area (TPSA) is 49.4 Å². The van der Waals surface area contributed by atoms with E-state index in [4.69, 9.17) is 0 Å². The summed E-state index contributed by atoms with van der Waals surface area (Å²) in [4.78, 5) is 0. The molecule has 0 aromatic heterocycles. The first-order chi connectivity index (χ1) is 8.51. The van der Waals surface area contributed by atoms with Crippen molar-refractivity contribution in [3.05, 3.63) is 0 Å². The van der Waals surface area contributed by atoms with Gasteiger partial charge in [-0.3, -0.25) is 0 Å². The number of rotatable bonds is 5. The predicted octanol–water partition coefficient (Wildman–Crippen LogP) is 1.58. The molecule has 0 spiro atoms. The van der Waals surface area contributed by atoms with Crippen molar-refractivity contribution in [1.82, 2.24) is 9.62 Å².